The number of carbonyl (C=O) groups is 1. The maximum atomic E-state index is 12.9. The van der Waals surface area contributed by atoms with Crippen LogP contribution >= 0.6 is 0 Å². The zero-order chi connectivity index (χ0) is 19.8. The van der Waals surface area contributed by atoms with Gasteiger partial charge in [-0.1, -0.05) is 32.9 Å². The SMILES string of the molecule is Cn1c(=O)nc(N[C@@H](CC(C)(C)C)C(=O)NC2(C#N)CC2)c2ccccc21. The zero-order valence-corrected chi connectivity index (χ0v) is 16.2. The highest BCUT2D eigenvalue weighted by Crippen LogP contribution is 2.35. The molecule has 1 aromatic carbocycles. The topological polar surface area (TPSA) is 99.8 Å². The number of nitrogens with one attached hydrogen (secondary N) is 2. The van der Waals surface area contributed by atoms with Gasteiger partial charge in [0.1, 0.15) is 17.4 Å². The lowest BCUT2D eigenvalue weighted by Crippen LogP contribution is -2.47. The van der Waals surface area contributed by atoms with Crippen LogP contribution in [0.5, 0.6) is 0 Å². The highest BCUT2D eigenvalue weighted by atomic mass is 16.2. The molecule has 27 heavy (non-hydrogen) atoms. The van der Waals surface area contributed by atoms with E-state index in [1.54, 1.807) is 7.05 Å². The lowest BCUT2D eigenvalue weighted by molar-refractivity contribution is -0.123. The van der Waals surface area contributed by atoms with Crippen LogP contribution in [-0.4, -0.2) is 27.0 Å². The average Bonchev–Trinajstić information content (AvgIpc) is 3.37. The van der Waals surface area contributed by atoms with E-state index in [2.05, 4.69) is 21.7 Å². The highest BCUT2D eigenvalue weighted by Gasteiger charge is 2.46. The van der Waals surface area contributed by atoms with Crippen LogP contribution in [0.3, 0.4) is 0 Å². The summed E-state index contributed by atoms with van der Waals surface area (Å²) >= 11 is 0. The van der Waals surface area contributed by atoms with Crippen LogP contribution in [-0.2, 0) is 11.8 Å². The molecule has 3 rings (SSSR count). The molecule has 0 spiro atoms. The lowest BCUT2D eigenvalue weighted by atomic mass is 9.87. The molecule has 1 heterocycles. The Kier molecular flexibility index (Phi) is 4.68. The van der Waals surface area contributed by atoms with Crippen molar-refractivity contribution in [3.05, 3.63) is 34.7 Å². The molecule has 1 aliphatic carbocycles. The number of para-hydroxylation sites is 1. The molecule has 0 bridgehead atoms. The second kappa shape index (κ2) is 6.69. The number of aromatic nitrogens is 2. The van der Waals surface area contributed by atoms with Gasteiger partial charge in [0.15, 0.2) is 0 Å². The Morgan fingerprint density at radius 1 is 1.37 bits per heavy atom. The quantitative estimate of drug-likeness (QED) is 0.845. The van der Waals surface area contributed by atoms with Crippen LogP contribution in [0.1, 0.15) is 40.0 Å². The number of aryl methyl sites for hydroxylation is 1. The molecule has 7 heteroatoms. The van der Waals surface area contributed by atoms with Crippen LogP contribution in [0.4, 0.5) is 5.82 Å². The molecule has 0 saturated heterocycles. The van der Waals surface area contributed by atoms with Crippen molar-refractivity contribution in [3.8, 4) is 6.07 Å². The number of rotatable bonds is 5. The number of carbonyl (C=O) groups excluding carboxylic acids is 1. The summed E-state index contributed by atoms with van der Waals surface area (Å²) in [5, 5.41) is 16.1. The van der Waals surface area contributed by atoms with Crippen LogP contribution < -0.4 is 16.3 Å². The van der Waals surface area contributed by atoms with Gasteiger partial charge in [-0.25, -0.2) is 4.79 Å². The lowest BCUT2D eigenvalue weighted by Gasteiger charge is -2.27. The predicted octanol–water partition coefficient (Wildman–Crippen LogP) is 2.32. The van der Waals surface area contributed by atoms with Gasteiger partial charge in [0, 0.05) is 12.4 Å². The van der Waals surface area contributed by atoms with E-state index in [1.165, 1.54) is 4.57 Å². The normalized spacial score (nSPS) is 16.4. The number of nitrogens with zero attached hydrogens (tertiary/aromatic N) is 3. The van der Waals surface area contributed by atoms with E-state index < -0.39 is 11.6 Å². The summed E-state index contributed by atoms with van der Waals surface area (Å²) in [6.07, 6.45) is 1.88. The van der Waals surface area contributed by atoms with E-state index in [0.29, 0.717) is 25.1 Å². The number of nitriles is 1. The van der Waals surface area contributed by atoms with Crippen molar-refractivity contribution in [1.82, 2.24) is 14.9 Å². The molecular weight excluding hydrogens is 342 g/mol. The summed E-state index contributed by atoms with van der Waals surface area (Å²) < 4.78 is 1.48. The number of hydrogen-bond donors (Lipinski definition) is 2. The smallest absolute Gasteiger partial charge is 0.349 e. The van der Waals surface area contributed by atoms with Crippen LogP contribution in [0, 0.1) is 16.7 Å². The van der Waals surface area contributed by atoms with Crippen LogP contribution in [0.25, 0.3) is 10.9 Å². The number of benzene rings is 1. The average molecular weight is 367 g/mol. The Labute approximate surface area is 158 Å². The van der Waals surface area contributed by atoms with E-state index >= 15 is 0 Å². The Balaban J connectivity index is 1.96. The minimum atomic E-state index is -0.739. The van der Waals surface area contributed by atoms with E-state index in [9.17, 15) is 14.9 Å². The van der Waals surface area contributed by atoms with Gasteiger partial charge in [0.25, 0.3) is 0 Å². The summed E-state index contributed by atoms with van der Waals surface area (Å²) in [6.45, 7) is 6.13. The first-order valence-corrected chi connectivity index (χ1v) is 9.10. The number of anilines is 1. The zero-order valence-electron chi connectivity index (χ0n) is 16.2. The van der Waals surface area contributed by atoms with Crippen LogP contribution in [0.15, 0.2) is 29.1 Å². The van der Waals surface area contributed by atoms with Crippen LogP contribution in [0.2, 0.25) is 0 Å². The molecular formula is C20H25N5O2. The van der Waals surface area contributed by atoms with Gasteiger partial charge in [-0.2, -0.15) is 10.2 Å². The minimum absolute atomic E-state index is 0.131. The molecule has 1 fully saturated rings. The predicted molar refractivity (Wildman–Crippen MR) is 104 cm³/mol. The Bertz CT molecular complexity index is 977. The number of hydrogen-bond acceptors (Lipinski definition) is 5. The molecule has 0 unspecified atom stereocenters. The van der Waals surface area contributed by atoms with E-state index in [0.717, 1.165) is 10.9 Å². The molecule has 0 aliphatic heterocycles. The molecule has 1 amide bonds. The first-order valence-electron chi connectivity index (χ1n) is 9.10. The molecule has 1 aliphatic rings. The van der Waals surface area contributed by atoms with Gasteiger partial charge in [-0.3, -0.25) is 9.36 Å². The monoisotopic (exact) mass is 367 g/mol. The third-order valence-corrected chi connectivity index (χ3v) is 4.79. The number of fused-ring (bicyclic) bond motifs is 1. The van der Waals surface area contributed by atoms with E-state index in [-0.39, 0.29) is 17.0 Å². The van der Waals surface area contributed by atoms with Crippen molar-refractivity contribution in [1.29, 1.82) is 5.26 Å². The van der Waals surface area contributed by atoms with Gasteiger partial charge >= 0.3 is 5.69 Å². The van der Waals surface area contributed by atoms with Gasteiger partial charge in [-0.15, -0.1) is 0 Å². The largest absolute Gasteiger partial charge is 0.358 e. The first-order chi connectivity index (χ1) is 12.6. The first kappa shape index (κ1) is 18.9. The van der Waals surface area contributed by atoms with Gasteiger partial charge < -0.3 is 10.6 Å². The Hall–Kier alpha value is -2.88. The summed E-state index contributed by atoms with van der Waals surface area (Å²) in [7, 11) is 1.67. The number of amides is 1. The summed E-state index contributed by atoms with van der Waals surface area (Å²) in [5.41, 5.74) is -0.516. The van der Waals surface area contributed by atoms with Crippen molar-refractivity contribution in [2.24, 2.45) is 12.5 Å². The molecule has 1 saturated carbocycles. The standard InChI is InChI=1S/C20H25N5O2/c1-19(2,3)11-14(17(26)24-20(12-21)9-10-20)22-16-13-7-5-6-8-15(13)25(4)18(27)23-16/h5-8,14H,9-11H2,1-4H3,(H,24,26)(H,22,23,27)/t14-/m0/s1. The third kappa shape index (κ3) is 4.11. The van der Waals surface area contributed by atoms with E-state index in [4.69, 9.17) is 0 Å². The van der Waals surface area contributed by atoms with Crippen molar-refractivity contribution in [2.75, 3.05) is 5.32 Å². The van der Waals surface area contributed by atoms with Crippen molar-refractivity contribution in [2.45, 2.75) is 51.6 Å². The summed E-state index contributed by atoms with van der Waals surface area (Å²) in [6, 6.07) is 9.02. The molecule has 142 valence electrons. The summed E-state index contributed by atoms with van der Waals surface area (Å²) in [4.78, 5) is 29.3. The second-order valence-corrected chi connectivity index (χ2v) is 8.46. The fourth-order valence-corrected chi connectivity index (χ4v) is 3.11. The minimum Gasteiger partial charge on any atom is -0.358 e. The molecule has 2 aromatic rings. The van der Waals surface area contributed by atoms with E-state index in [1.807, 2.05) is 45.0 Å². The van der Waals surface area contributed by atoms with Crippen molar-refractivity contribution < 1.29 is 4.79 Å². The molecule has 7 nitrogen and oxygen atoms in total. The fourth-order valence-electron chi connectivity index (χ4n) is 3.11. The maximum Gasteiger partial charge on any atom is 0.349 e. The summed E-state index contributed by atoms with van der Waals surface area (Å²) in [5.74, 6) is 0.149. The second-order valence-electron chi connectivity index (χ2n) is 8.46. The molecule has 2 N–H and O–H groups in total. The molecule has 1 aromatic heterocycles. The maximum absolute atomic E-state index is 12.9. The van der Waals surface area contributed by atoms with Gasteiger partial charge in [0.05, 0.1) is 11.6 Å². The van der Waals surface area contributed by atoms with Gasteiger partial charge in [0.2, 0.25) is 5.91 Å². The molecule has 1 atom stereocenters. The Morgan fingerprint density at radius 2 is 2.04 bits per heavy atom. The van der Waals surface area contributed by atoms with Gasteiger partial charge in [-0.05, 0) is 36.8 Å². The fraction of sp³-hybridized carbons (Fsp3) is 0.500. The Morgan fingerprint density at radius 3 is 2.63 bits per heavy atom. The molecule has 0 radical (unpaired) electrons. The van der Waals surface area contributed by atoms with Crippen molar-refractivity contribution >= 4 is 22.6 Å². The third-order valence-electron chi connectivity index (χ3n) is 4.79. The highest BCUT2D eigenvalue weighted by molar-refractivity contribution is 5.92. The van der Waals surface area contributed by atoms with Crippen molar-refractivity contribution in [3.63, 3.8) is 0 Å².